The van der Waals surface area contributed by atoms with Crippen molar-refractivity contribution in [2.24, 2.45) is 5.92 Å². The normalized spacial score (nSPS) is 18.8. The fraction of sp³-hybridized carbons (Fsp3) is 0.423. The van der Waals surface area contributed by atoms with Gasteiger partial charge in [0.25, 0.3) is 5.91 Å². The molecule has 0 saturated carbocycles. The number of nitrogens with one attached hydrogen (secondary N) is 1. The molecule has 8 heteroatoms. The van der Waals surface area contributed by atoms with Crippen molar-refractivity contribution in [3.63, 3.8) is 0 Å². The predicted molar refractivity (Wildman–Crippen MR) is 124 cm³/mol. The van der Waals surface area contributed by atoms with Gasteiger partial charge in [0.1, 0.15) is 0 Å². The van der Waals surface area contributed by atoms with Crippen molar-refractivity contribution in [2.75, 3.05) is 6.54 Å². The number of benzene rings is 1. The van der Waals surface area contributed by atoms with E-state index in [2.05, 4.69) is 22.1 Å². The Morgan fingerprint density at radius 3 is 2.62 bits per heavy atom. The van der Waals surface area contributed by atoms with Crippen LogP contribution in [-0.4, -0.2) is 38.6 Å². The van der Waals surface area contributed by atoms with Crippen molar-refractivity contribution in [1.82, 2.24) is 20.1 Å². The number of piperidine rings is 1. The molecule has 0 radical (unpaired) electrons. The molecule has 3 heterocycles. The van der Waals surface area contributed by atoms with Crippen LogP contribution in [0.15, 0.2) is 42.6 Å². The second-order valence-corrected chi connectivity index (χ2v) is 9.25. The Labute approximate surface area is 197 Å². The Balaban J connectivity index is 1.57. The molecule has 1 aliphatic heterocycles. The van der Waals surface area contributed by atoms with Gasteiger partial charge in [-0.15, -0.1) is 0 Å². The van der Waals surface area contributed by atoms with E-state index >= 15 is 0 Å². The molecule has 1 aliphatic rings. The molecular formula is C26H29F3N4O. The summed E-state index contributed by atoms with van der Waals surface area (Å²) in [6, 6.07) is 10.2. The van der Waals surface area contributed by atoms with Crippen molar-refractivity contribution in [3.8, 4) is 11.3 Å². The molecule has 1 saturated heterocycles. The predicted octanol–water partition coefficient (Wildman–Crippen LogP) is 5.98. The van der Waals surface area contributed by atoms with Gasteiger partial charge >= 0.3 is 6.18 Å². The third kappa shape index (κ3) is 5.16. The number of aromatic nitrogens is 3. The molecule has 5 nitrogen and oxygen atoms in total. The average Bonchev–Trinajstić information content (AvgIpc) is 3.23. The summed E-state index contributed by atoms with van der Waals surface area (Å²) < 4.78 is 38.5. The van der Waals surface area contributed by atoms with Crippen LogP contribution in [0, 0.1) is 19.8 Å². The molecule has 180 valence electrons. The Hall–Kier alpha value is -3.16. The molecule has 4 rings (SSSR count). The first kappa shape index (κ1) is 24.0. The minimum atomic E-state index is -4.40. The van der Waals surface area contributed by atoms with Crippen LogP contribution in [0.3, 0.4) is 0 Å². The second-order valence-electron chi connectivity index (χ2n) is 9.25. The van der Waals surface area contributed by atoms with E-state index in [-0.39, 0.29) is 17.9 Å². The maximum Gasteiger partial charge on any atom is 0.417 e. The molecule has 2 atom stereocenters. The van der Waals surface area contributed by atoms with E-state index in [1.54, 1.807) is 0 Å². The fourth-order valence-electron chi connectivity index (χ4n) is 4.75. The van der Waals surface area contributed by atoms with Crippen LogP contribution < -0.4 is 0 Å². The molecule has 1 aromatic carbocycles. The summed E-state index contributed by atoms with van der Waals surface area (Å²) in [5, 5.41) is 7.30. The highest BCUT2D eigenvalue weighted by Gasteiger charge is 2.34. The van der Waals surface area contributed by atoms with E-state index in [1.165, 1.54) is 6.07 Å². The van der Waals surface area contributed by atoms with Gasteiger partial charge in [0, 0.05) is 41.3 Å². The smallest absolute Gasteiger partial charge is 0.335 e. The number of H-pyrrole nitrogens is 1. The second kappa shape index (κ2) is 9.60. The van der Waals surface area contributed by atoms with Crippen LogP contribution in [0.5, 0.6) is 0 Å². The van der Waals surface area contributed by atoms with E-state index in [4.69, 9.17) is 0 Å². The number of likely N-dealkylation sites (tertiary alicyclic amines) is 1. The zero-order valence-electron chi connectivity index (χ0n) is 19.6. The lowest BCUT2D eigenvalue weighted by atomic mass is 9.86. The van der Waals surface area contributed by atoms with Crippen LogP contribution in [0.1, 0.15) is 59.1 Å². The van der Waals surface area contributed by atoms with Gasteiger partial charge in [-0.05, 0) is 69.7 Å². The Kier molecular flexibility index (Phi) is 6.77. The van der Waals surface area contributed by atoms with E-state index in [0.29, 0.717) is 30.6 Å². The summed E-state index contributed by atoms with van der Waals surface area (Å²) in [7, 11) is 0. The number of pyridine rings is 1. The number of hydrogen-bond donors (Lipinski definition) is 1. The lowest BCUT2D eigenvalue weighted by Gasteiger charge is -2.40. The molecule has 1 fully saturated rings. The topological polar surface area (TPSA) is 61.9 Å². The number of aromatic amines is 1. The standard InChI is InChI=1S/C26H29F3N4O/c1-16-6-10-21(23-14-18(3)31-32-23)22(13-16)25(34)33-12-4-5-17(2)24(33)11-9-20-8-7-19(15-30-20)26(27,28)29/h6-8,10,13-15,17,24H,4-5,9,11-12H2,1-3H3,(H,31,32)/t17-,24-/m1/s1. The van der Waals surface area contributed by atoms with Crippen LogP contribution in [-0.2, 0) is 12.6 Å². The number of hydrogen-bond acceptors (Lipinski definition) is 3. The lowest BCUT2D eigenvalue weighted by molar-refractivity contribution is -0.137. The van der Waals surface area contributed by atoms with Crippen LogP contribution in [0.2, 0.25) is 0 Å². The molecule has 0 aliphatic carbocycles. The maximum atomic E-state index is 13.8. The molecule has 34 heavy (non-hydrogen) atoms. The number of amides is 1. The van der Waals surface area contributed by atoms with Gasteiger partial charge in [-0.1, -0.05) is 24.6 Å². The van der Waals surface area contributed by atoms with Crippen molar-refractivity contribution >= 4 is 5.91 Å². The van der Waals surface area contributed by atoms with Gasteiger partial charge in [-0.3, -0.25) is 14.9 Å². The molecule has 2 aromatic heterocycles. The summed E-state index contributed by atoms with van der Waals surface area (Å²) in [5.74, 6) is 0.254. The summed E-state index contributed by atoms with van der Waals surface area (Å²) in [4.78, 5) is 19.8. The average molecular weight is 471 g/mol. The molecule has 0 bridgehead atoms. The van der Waals surface area contributed by atoms with E-state index in [9.17, 15) is 18.0 Å². The van der Waals surface area contributed by atoms with Gasteiger partial charge < -0.3 is 4.90 Å². The molecular weight excluding hydrogens is 441 g/mol. The Morgan fingerprint density at radius 1 is 1.18 bits per heavy atom. The highest BCUT2D eigenvalue weighted by molar-refractivity contribution is 6.01. The van der Waals surface area contributed by atoms with Crippen LogP contribution in [0.4, 0.5) is 13.2 Å². The quantitative estimate of drug-likeness (QED) is 0.499. The molecule has 0 unspecified atom stereocenters. The first-order valence-corrected chi connectivity index (χ1v) is 11.6. The van der Waals surface area contributed by atoms with Gasteiger partial charge in [0.2, 0.25) is 0 Å². The number of alkyl halides is 3. The van der Waals surface area contributed by atoms with E-state index < -0.39 is 11.7 Å². The zero-order chi connectivity index (χ0) is 24.5. The molecule has 0 spiro atoms. The van der Waals surface area contributed by atoms with Gasteiger partial charge in [0.15, 0.2) is 0 Å². The highest BCUT2D eigenvalue weighted by atomic mass is 19.4. The third-order valence-corrected chi connectivity index (χ3v) is 6.61. The monoisotopic (exact) mass is 470 g/mol. The van der Waals surface area contributed by atoms with Crippen molar-refractivity contribution < 1.29 is 18.0 Å². The van der Waals surface area contributed by atoms with Crippen molar-refractivity contribution in [2.45, 2.75) is 58.7 Å². The van der Waals surface area contributed by atoms with Crippen LogP contribution >= 0.6 is 0 Å². The van der Waals surface area contributed by atoms with Crippen molar-refractivity contribution in [1.29, 1.82) is 0 Å². The third-order valence-electron chi connectivity index (χ3n) is 6.61. The highest BCUT2D eigenvalue weighted by Crippen LogP contribution is 2.32. The van der Waals surface area contributed by atoms with Crippen LogP contribution in [0.25, 0.3) is 11.3 Å². The SMILES string of the molecule is Cc1ccc(-c2cc(C)[nH]n2)c(C(=O)N2CCC[C@@H](C)[C@H]2CCc2ccc(C(F)(F)F)cn2)c1. The van der Waals surface area contributed by atoms with Crippen molar-refractivity contribution in [3.05, 3.63) is 70.7 Å². The Bertz CT molecular complexity index is 1150. The van der Waals surface area contributed by atoms with Gasteiger partial charge in [0.05, 0.1) is 11.3 Å². The summed E-state index contributed by atoms with van der Waals surface area (Å²) in [5.41, 5.74) is 3.91. The number of aryl methyl sites for hydroxylation is 3. The molecule has 3 aromatic rings. The number of carbonyl (C=O) groups is 1. The Morgan fingerprint density at radius 2 is 1.97 bits per heavy atom. The summed E-state index contributed by atoms with van der Waals surface area (Å²) in [6.45, 7) is 6.67. The van der Waals surface area contributed by atoms with E-state index in [1.807, 2.05) is 43.0 Å². The first-order chi connectivity index (χ1) is 16.1. The first-order valence-electron chi connectivity index (χ1n) is 11.6. The summed E-state index contributed by atoms with van der Waals surface area (Å²) in [6.07, 6.45) is -0.429. The minimum absolute atomic E-state index is 0.0142. The zero-order valence-corrected chi connectivity index (χ0v) is 19.6. The maximum absolute atomic E-state index is 13.8. The number of rotatable bonds is 5. The number of carbonyl (C=O) groups excluding carboxylic acids is 1. The number of nitrogens with zero attached hydrogens (tertiary/aromatic N) is 3. The van der Waals surface area contributed by atoms with E-state index in [0.717, 1.165) is 47.6 Å². The van der Waals surface area contributed by atoms with Gasteiger partial charge in [-0.2, -0.15) is 18.3 Å². The number of halogens is 3. The molecule has 1 N–H and O–H groups in total. The lowest BCUT2D eigenvalue weighted by Crippen LogP contribution is -2.48. The fourth-order valence-corrected chi connectivity index (χ4v) is 4.75. The van der Waals surface area contributed by atoms with Gasteiger partial charge in [-0.25, -0.2) is 0 Å². The largest absolute Gasteiger partial charge is 0.417 e. The summed E-state index contributed by atoms with van der Waals surface area (Å²) >= 11 is 0. The molecule has 1 amide bonds. The minimum Gasteiger partial charge on any atom is -0.335 e.